The number of amides is 1. The highest BCUT2D eigenvalue weighted by Crippen LogP contribution is 2.28. The van der Waals surface area contributed by atoms with Crippen LogP contribution in [0.15, 0.2) is 40.8 Å². The minimum atomic E-state index is -0.352. The second kappa shape index (κ2) is 7.85. The fourth-order valence-electron chi connectivity index (χ4n) is 2.38. The Morgan fingerprint density at radius 3 is 2.81 bits per heavy atom. The lowest BCUT2D eigenvalue weighted by Crippen LogP contribution is -2.14. The predicted octanol–water partition coefficient (Wildman–Crippen LogP) is 4.94. The number of carbonyl (C=O) groups is 1. The molecule has 0 aliphatic rings. The van der Waals surface area contributed by atoms with Crippen molar-refractivity contribution in [3.05, 3.63) is 63.7 Å². The third kappa shape index (κ3) is 4.20. The Morgan fingerprint density at radius 1 is 1.27 bits per heavy atom. The van der Waals surface area contributed by atoms with Crippen molar-refractivity contribution in [3.63, 3.8) is 0 Å². The van der Waals surface area contributed by atoms with Gasteiger partial charge < -0.3 is 14.5 Å². The number of aromatic nitrogens is 2. The molecular formula is C18H17Cl2N3O3. The van der Waals surface area contributed by atoms with Gasteiger partial charge in [0, 0.05) is 17.6 Å². The first-order chi connectivity index (χ1) is 12.5. The van der Waals surface area contributed by atoms with E-state index in [1.54, 1.807) is 41.1 Å². The maximum Gasteiger partial charge on any atom is 0.292 e. The first-order valence-electron chi connectivity index (χ1n) is 7.98. The number of anilines is 1. The molecule has 0 aliphatic carbocycles. The molecule has 0 unspecified atom stereocenters. The highest BCUT2D eigenvalue weighted by molar-refractivity contribution is 6.35. The predicted molar refractivity (Wildman–Crippen MR) is 100 cm³/mol. The summed E-state index contributed by atoms with van der Waals surface area (Å²) < 4.78 is 12.9. The molecule has 6 nitrogen and oxygen atoms in total. The molecule has 1 amide bonds. The normalized spacial score (nSPS) is 10.8. The summed E-state index contributed by atoms with van der Waals surface area (Å²) in [6.45, 7) is 4.61. The lowest BCUT2D eigenvalue weighted by Gasteiger charge is -2.07. The Hall–Kier alpha value is -2.44. The summed E-state index contributed by atoms with van der Waals surface area (Å²) in [4.78, 5) is 12.3. The second-order valence-corrected chi connectivity index (χ2v) is 6.41. The number of benzene rings is 1. The van der Waals surface area contributed by atoms with E-state index in [0.717, 1.165) is 5.69 Å². The van der Waals surface area contributed by atoms with Gasteiger partial charge in [-0.15, -0.1) is 0 Å². The van der Waals surface area contributed by atoms with Gasteiger partial charge in [0.15, 0.2) is 5.76 Å². The van der Waals surface area contributed by atoms with E-state index in [4.69, 9.17) is 32.4 Å². The molecule has 136 valence electrons. The van der Waals surface area contributed by atoms with Gasteiger partial charge in [-0.1, -0.05) is 23.2 Å². The minimum absolute atomic E-state index is 0.140. The van der Waals surface area contributed by atoms with Gasteiger partial charge in [0.25, 0.3) is 5.91 Å². The Labute approximate surface area is 160 Å². The summed E-state index contributed by atoms with van der Waals surface area (Å²) in [5.74, 6) is 1.45. The van der Waals surface area contributed by atoms with Crippen LogP contribution >= 0.6 is 23.2 Å². The van der Waals surface area contributed by atoms with Crippen molar-refractivity contribution in [3.8, 4) is 5.75 Å². The molecule has 0 fully saturated rings. The van der Waals surface area contributed by atoms with Crippen molar-refractivity contribution in [2.24, 2.45) is 0 Å². The SMILES string of the molecule is CCn1nc(C)cc1NC(=O)c1ccc(COc2ccc(Cl)cc2Cl)o1. The van der Waals surface area contributed by atoms with Gasteiger partial charge in [-0.25, -0.2) is 4.68 Å². The molecule has 1 aromatic carbocycles. The number of nitrogens with zero attached hydrogens (tertiary/aromatic N) is 2. The third-order valence-corrected chi connectivity index (χ3v) is 4.12. The van der Waals surface area contributed by atoms with Gasteiger partial charge in [-0.2, -0.15) is 5.10 Å². The van der Waals surface area contributed by atoms with Crippen molar-refractivity contribution >= 4 is 34.9 Å². The molecule has 2 heterocycles. The van der Waals surface area contributed by atoms with Gasteiger partial charge in [0.05, 0.1) is 10.7 Å². The van der Waals surface area contributed by atoms with Crippen molar-refractivity contribution in [1.29, 1.82) is 0 Å². The van der Waals surface area contributed by atoms with E-state index < -0.39 is 0 Å². The average Bonchev–Trinajstić information content (AvgIpc) is 3.20. The van der Waals surface area contributed by atoms with Gasteiger partial charge >= 0.3 is 0 Å². The molecule has 8 heteroatoms. The average molecular weight is 394 g/mol. The number of halogens is 2. The van der Waals surface area contributed by atoms with Crippen LogP contribution < -0.4 is 10.1 Å². The van der Waals surface area contributed by atoms with E-state index in [1.807, 2.05) is 13.8 Å². The van der Waals surface area contributed by atoms with Crippen molar-refractivity contribution in [1.82, 2.24) is 9.78 Å². The zero-order valence-corrected chi connectivity index (χ0v) is 15.8. The van der Waals surface area contributed by atoms with Crippen LogP contribution in [-0.4, -0.2) is 15.7 Å². The molecule has 3 aromatic rings. The van der Waals surface area contributed by atoms with Crippen LogP contribution in [-0.2, 0) is 13.2 Å². The number of rotatable bonds is 6. The maximum atomic E-state index is 12.3. The summed E-state index contributed by atoms with van der Waals surface area (Å²) in [7, 11) is 0. The van der Waals surface area contributed by atoms with E-state index >= 15 is 0 Å². The molecule has 0 radical (unpaired) electrons. The molecule has 0 saturated carbocycles. The number of hydrogen-bond donors (Lipinski definition) is 1. The van der Waals surface area contributed by atoms with E-state index in [1.165, 1.54) is 0 Å². The van der Waals surface area contributed by atoms with Crippen LogP contribution in [0.25, 0.3) is 0 Å². The zero-order chi connectivity index (χ0) is 18.7. The highest BCUT2D eigenvalue weighted by atomic mass is 35.5. The van der Waals surface area contributed by atoms with Gasteiger partial charge in [-0.05, 0) is 44.2 Å². The lowest BCUT2D eigenvalue weighted by molar-refractivity contribution is 0.0991. The molecule has 1 N–H and O–H groups in total. The summed E-state index contributed by atoms with van der Waals surface area (Å²) in [5.41, 5.74) is 0.829. The minimum Gasteiger partial charge on any atom is -0.484 e. The van der Waals surface area contributed by atoms with Gasteiger partial charge in [0.2, 0.25) is 0 Å². The highest BCUT2D eigenvalue weighted by Gasteiger charge is 2.15. The summed E-state index contributed by atoms with van der Waals surface area (Å²) >= 11 is 11.9. The van der Waals surface area contributed by atoms with Crippen LogP contribution in [0.2, 0.25) is 10.0 Å². The molecule has 0 bridgehead atoms. The Balaban J connectivity index is 1.64. The number of carbonyl (C=O) groups excluding carboxylic acids is 1. The Bertz CT molecular complexity index is 934. The monoisotopic (exact) mass is 393 g/mol. The van der Waals surface area contributed by atoms with Crippen LogP contribution in [0.3, 0.4) is 0 Å². The topological polar surface area (TPSA) is 69.3 Å². The zero-order valence-electron chi connectivity index (χ0n) is 14.3. The van der Waals surface area contributed by atoms with E-state index in [2.05, 4.69) is 10.4 Å². The standard InChI is InChI=1S/C18H17Cl2N3O3/c1-3-23-17(8-11(2)22-23)21-18(24)16-7-5-13(26-16)10-25-15-6-4-12(19)9-14(15)20/h4-9H,3,10H2,1-2H3,(H,21,24). The van der Waals surface area contributed by atoms with Crippen LogP contribution in [0.5, 0.6) is 5.75 Å². The Morgan fingerprint density at radius 2 is 2.08 bits per heavy atom. The number of furan rings is 1. The molecule has 2 aromatic heterocycles. The quantitative estimate of drug-likeness (QED) is 0.643. The number of nitrogens with one attached hydrogen (secondary N) is 1. The van der Waals surface area contributed by atoms with E-state index in [9.17, 15) is 4.79 Å². The number of aryl methyl sites for hydroxylation is 2. The largest absolute Gasteiger partial charge is 0.484 e. The first-order valence-corrected chi connectivity index (χ1v) is 8.74. The fourth-order valence-corrected chi connectivity index (χ4v) is 2.85. The lowest BCUT2D eigenvalue weighted by atomic mass is 10.3. The molecule has 0 aliphatic heterocycles. The maximum absolute atomic E-state index is 12.3. The molecule has 0 atom stereocenters. The number of hydrogen-bond acceptors (Lipinski definition) is 4. The smallest absolute Gasteiger partial charge is 0.292 e. The molecule has 0 saturated heterocycles. The molecule has 0 spiro atoms. The van der Waals surface area contributed by atoms with Crippen molar-refractivity contribution in [2.75, 3.05) is 5.32 Å². The van der Waals surface area contributed by atoms with E-state index in [0.29, 0.717) is 33.9 Å². The van der Waals surface area contributed by atoms with Crippen LogP contribution in [0, 0.1) is 6.92 Å². The van der Waals surface area contributed by atoms with Gasteiger partial charge in [-0.3, -0.25) is 4.79 Å². The van der Waals surface area contributed by atoms with Crippen molar-refractivity contribution < 1.29 is 13.9 Å². The van der Waals surface area contributed by atoms with Crippen molar-refractivity contribution in [2.45, 2.75) is 27.0 Å². The molecular weight excluding hydrogens is 377 g/mol. The fraction of sp³-hybridized carbons (Fsp3) is 0.222. The first kappa shape index (κ1) is 18.4. The number of ether oxygens (including phenoxy) is 1. The molecule has 3 rings (SSSR count). The summed E-state index contributed by atoms with van der Waals surface area (Å²) in [6, 6.07) is 10.0. The van der Waals surface area contributed by atoms with Crippen LogP contribution in [0.1, 0.15) is 28.9 Å². The molecule has 26 heavy (non-hydrogen) atoms. The van der Waals surface area contributed by atoms with Gasteiger partial charge in [0.1, 0.15) is 23.9 Å². The van der Waals surface area contributed by atoms with E-state index in [-0.39, 0.29) is 18.3 Å². The summed E-state index contributed by atoms with van der Waals surface area (Å²) in [6.07, 6.45) is 0. The summed E-state index contributed by atoms with van der Waals surface area (Å²) in [5, 5.41) is 8.02. The Kier molecular flexibility index (Phi) is 5.54. The third-order valence-electron chi connectivity index (χ3n) is 3.59. The second-order valence-electron chi connectivity index (χ2n) is 5.57. The van der Waals surface area contributed by atoms with Crippen LogP contribution in [0.4, 0.5) is 5.82 Å².